The number of nitrogens with zero attached hydrogens (tertiary/aromatic N) is 4. The maximum Gasteiger partial charge on any atom is 0.223 e. The summed E-state index contributed by atoms with van der Waals surface area (Å²) in [4.78, 5) is 12.0. The molecule has 102 valence electrons. The summed E-state index contributed by atoms with van der Waals surface area (Å²) in [5.41, 5.74) is 6.41. The second-order valence-electron chi connectivity index (χ2n) is 4.31. The molecule has 0 saturated carbocycles. The van der Waals surface area contributed by atoms with E-state index in [0.29, 0.717) is 17.6 Å². The predicted octanol–water partition coefficient (Wildman–Crippen LogP) is -0.297. The van der Waals surface area contributed by atoms with Crippen molar-refractivity contribution in [1.29, 1.82) is 0 Å². The maximum absolute atomic E-state index is 9.74. The quantitative estimate of drug-likeness (QED) is 0.648. The zero-order valence-electron chi connectivity index (χ0n) is 9.77. The second-order valence-corrected chi connectivity index (χ2v) is 4.67. The van der Waals surface area contributed by atoms with E-state index in [1.807, 2.05) is 0 Å². The van der Waals surface area contributed by atoms with Crippen molar-refractivity contribution in [3.05, 3.63) is 11.5 Å². The van der Waals surface area contributed by atoms with Crippen molar-refractivity contribution in [1.82, 2.24) is 19.5 Å². The molecule has 0 unspecified atom stereocenters. The van der Waals surface area contributed by atoms with Gasteiger partial charge in [0.15, 0.2) is 10.8 Å². The molecule has 1 aliphatic rings. The number of ether oxygens (including phenoxy) is 1. The summed E-state index contributed by atoms with van der Waals surface area (Å²) in [5.74, 6) is 0.0384. The van der Waals surface area contributed by atoms with Gasteiger partial charge in [-0.3, -0.25) is 4.57 Å². The Morgan fingerprint density at radius 1 is 1.53 bits per heavy atom. The SMILES string of the molecule is Nc1nc(Cl)c2ncn([C@H]3C[C@@H](O)[C@H](CO)O3)c2n1. The molecule has 0 aliphatic carbocycles. The number of halogens is 1. The van der Waals surface area contributed by atoms with Gasteiger partial charge in [-0.2, -0.15) is 9.97 Å². The number of nitrogens with two attached hydrogens (primary N) is 1. The Labute approximate surface area is 112 Å². The predicted molar refractivity (Wildman–Crippen MR) is 66.4 cm³/mol. The average Bonchev–Trinajstić information content (AvgIpc) is 2.92. The van der Waals surface area contributed by atoms with Crippen LogP contribution in [0.5, 0.6) is 0 Å². The molecular weight excluding hydrogens is 274 g/mol. The van der Waals surface area contributed by atoms with Gasteiger partial charge < -0.3 is 20.7 Å². The molecule has 3 rings (SSSR count). The molecule has 0 spiro atoms. The Hall–Kier alpha value is -1.48. The van der Waals surface area contributed by atoms with Crippen LogP contribution in [0.25, 0.3) is 11.2 Å². The van der Waals surface area contributed by atoms with Gasteiger partial charge in [0.05, 0.1) is 19.0 Å². The molecule has 3 atom stereocenters. The molecule has 1 fully saturated rings. The van der Waals surface area contributed by atoms with E-state index in [0.717, 1.165) is 0 Å². The van der Waals surface area contributed by atoms with Crippen molar-refractivity contribution in [2.45, 2.75) is 24.9 Å². The smallest absolute Gasteiger partial charge is 0.223 e. The minimum Gasteiger partial charge on any atom is -0.394 e. The van der Waals surface area contributed by atoms with E-state index in [1.54, 1.807) is 4.57 Å². The fourth-order valence-corrected chi connectivity index (χ4v) is 2.38. The van der Waals surface area contributed by atoms with Gasteiger partial charge in [0.25, 0.3) is 0 Å². The summed E-state index contributed by atoms with van der Waals surface area (Å²) in [6, 6.07) is 0. The molecule has 2 aromatic heterocycles. The third kappa shape index (κ3) is 2.02. The molecule has 1 saturated heterocycles. The highest BCUT2D eigenvalue weighted by atomic mass is 35.5. The molecule has 1 aliphatic heterocycles. The largest absolute Gasteiger partial charge is 0.394 e. The van der Waals surface area contributed by atoms with Crippen molar-refractivity contribution in [2.24, 2.45) is 0 Å². The van der Waals surface area contributed by atoms with Crippen molar-refractivity contribution in [2.75, 3.05) is 12.3 Å². The summed E-state index contributed by atoms with van der Waals surface area (Å²) in [6.45, 7) is -0.248. The number of aliphatic hydroxyl groups is 2. The van der Waals surface area contributed by atoms with Crippen LogP contribution in [0.3, 0.4) is 0 Å². The fraction of sp³-hybridized carbons (Fsp3) is 0.500. The Morgan fingerprint density at radius 3 is 3.00 bits per heavy atom. The van der Waals surface area contributed by atoms with Gasteiger partial charge in [-0.05, 0) is 0 Å². The lowest BCUT2D eigenvalue weighted by atomic mass is 10.2. The summed E-state index contributed by atoms with van der Waals surface area (Å²) in [6.07, 6.45) is 0.0155. The van der Waals surface area contributed by atoms with Crippen molar-refractivity contribution in [3.8, 4) is 0 Å². The van der Waals surface area contributed by atoms with E-state index in [2.05, 4.69) is 15.0 Å². The first-order valence-electron chi connectivity index (χ1n) is 5.70. The number of hydrogen-bond donors (Lipinski definition) is 3. The average molecular weight is 286 g/mol. The zero-order chi connectivity index (χ0) is 13.6. The molecule has 0 amide bonds. The number of nitrogen functional groups attached to an aromatic ring is 1. The first-order valence-corrected chi connectivity index (χ1v) is 6.08. The fourth-order valence-electron chi connectivity index (χ4n) is 2.16. The second kappa shape index (κ2) is 4.57. The molecule has 8 nitrogen and oxygen atoms in total. The first-order chi connectivity index (χ1) is 9.10. The minimum atomic E-state index is -0.734. The lowest BCUT2D eigenvalue weighted by molar-refractivity contribution is -0.0432. The lowest BCUT2D eigenvalue weighted by Crippen LogP contribution is -2.24. The summed E-state index contributed by atoms with van der Waals surface area (Å²) < 4.78 is 7.16. The Balaban J connectivity index is 2.02. The molecule has 2 aromatic rings. The molecule has 9 heteroatoms. The number of hydrogen-bond acceptors (Lipinski definition) is 7. The lowest BCUT2D eigenvalue weighted by Gasteiger charge is -2.13. The minimum absolute atomic E-state index is 0.0384. The Kier molecular flexibility index (Phi) is 3.02. The number of anilines is 1. The van der Waals surface area contributed by atoms with Crippen LogP contribution in [-0.4, -0.2) is 48.5 Å². The van der Waals surface area contributed by atoms with Crippen LogP contribution >= 0.6 is 11.6 Å². The van der Waals surface area contributed by atoms with Crippen LogP contribution < -0.4 is 5.73 Å². The van der Waals surface area contributed by atoms with E-state index in [9.17, 15) is 5.11 Å². The molecular formula is C10H12ClN5O3. The molecule has 3 heterocycles. The highest BCUT2D eigenvalue weighted by Gasteiger charge is 2.35. The number of aliphatic hydroxyl groups excluding tert-OH is 2. The van der Waals surface area contributed by atoms with E-state index in [1.165, 1.54) is 6.33 Å². The third-order valence-corrected chi connectivity index (χ3v) is 3.35. The number of rotatable bonds is 2. The molecule has 19 heavy (non-hydrogen) atoms. The summed E-state index contributed by atoms with van der Waals surface area (Å²) in [5, 5.41) is 19.0. The van der Waals surface area contributed by atoms with Crippen LogP contribution in [-0.2, 0) is 4.74 Å². The van der Waals surface area contributed by atoms with Gasteiger partial charge in [-0.25, -0.2) is 4.98 Å². The van der Waals surface area contributed by atoms with Gasteiger partial charge in [0.1, 0.15) is 17.8 Å². The zero-order valence-corrected chi connectivity index (χ0v) is 10.5. The van der Waals surface area contributed by atoms with Gasteiger partial charge in [-0.15, -0.1) is 0 Å². The first kappa shape index (κ1) is 12.5. The topological polar surface area (TPSA) is 119 Å². The number of imidazole rings is 1. The Bertz CT molecular complexity index is 618. The normalized spacial score (nSPS) is 27.2. The Morgan fingerprint density at radius 2 is 2.32 bits per heavy atom. The van der Waals surface area contributed by atoms with Crippen molar-refractivity contribution < 1.29 is 14.9 Å². The van der Waals surface area contributed by atoms with E-state index >= 15 is 0 Å². The van der Waals surface area contributed by atoms with Gasteiger partial charge >= 0.3 is 0 Å². The number of fused-ring (bicyclic) bond motifs is 1. The molecule has 0 radical (unpaired) electrons. The maximum atomic E-state index is 9.74. The number of aromatic nitrogens is 4. The van der Waals surface area contributed by atoms with Gasteiger partial charge in [0.2, 0.25) is 5.95 Å². The van der Waals surface area contributed by atoms with Gasteiger partial charge in [-0.1, -0.05) is 11.6 Å². The van der Waals surface area contributed by atoms with Crippen LogP contribution in [0.2, 0.25) is 5.15 Å². The highest BCUT2D eigenvalue weighted by molar-refractivity contribution is 6.33. The van der Waals surface area contributed by atoms with Crippen LogP contribution in [0.15, 0.2) is 6.33 Å². The summed E-state index contributed by atoms with van der Waals surface area (Å²) in [7, 11) is 0. The van der Waals surface area contributed by atoms with E-state index in [-0.39, 0.29) is 17.7 Å². The van der Waals surface area contributed by atoms with E-state index < -0.39 is 18.4 Å². The van der Waals surface area contributed by atoms with E-state index in [4.69, 9.17) is 27.2 Å². The standard InChI is InChI=1S/C10H12ClN5O3/c11-8-7-9(15-10(12)14-8)16(3-13-7)6-1-4(18)5(2-17)19-6/h3-6,17-18H,1-2H2,(H2,12,14,15)/t4-,5+,6-/m1/s1. The highest BCUT2D eigenvalue weighted by Crippen LogP contribution is 2.31. The van der Waals surface area contributed by atoms with Crippen LogP contribution in [0.1, 0.15) is 12.6 Å². The van der Waals surface area contributed by atoms with Crippen molar-refractivity contribution >= 4 is 28.7 Å². The van der Waals surface area contributed by atoms with Crippen LogP contribution in [0, 0.1) is 0 Å². The molecule has 0 bridgehead atoms. The molecule has 0 aromatic carbocycles. The van der Waals surface area contributed by atoms with Gasteiger partial charge in [0, 0.05) is 6.42 Å². The third-order valence-electron chi connectivity index (χ3n) is 3.09. The van der Waals surface area contributed by atoms with Crippen molar-refractivity contribution in [3.63, 3.8) is 0 Å². The molecule has 4 N–H and O–H groups in total. The monoisotopic (exact) mass is 285 g/mol. The van der Waals surface area contributed by atoms with Crippen LogP contribution in [0.4, 0.5) is 5.95 Å². The summed E-state index contributed by atoms with van der Waals surface area (Å²) >= 11 is 5.93.